The summed E-state index contributed by atoms with van der Waals surface area (Å²) in [5, 5.41) is 12.9. The zero-order chi connectivity index (χ0) is 20.8. The number of carbonyl (C=O) groups is 3. The Labute approximate surface area is 170 Å². The lowest BCUT2D eigenvalue weighted by Gasteiger charge is -2.12. The molecular formula is C20H15N3O5S. The Hall–Kier alpha value is -3.72. The van der Waals surface area contributed by atoms with E-state index in [0.29, 0.717) is 11.3 Å². The van der Waals surface area contributed by atoms with Crippen molar-refractivity contribution in [1.29, 1.82) is 0 Å². The number of nitrogens with zero attached hydrogens (tertiary/aromatic N) is 2. The lowest BCUT2D eigenvalue weighted by Crippen LogP contribution is -2.36. The summed E-state index contributed by atoms with van der Waals surface area (Å²) in [6.07, 6.45) is 4.56. The van der Waals surface area contributed by atoms with E-state index in [1.165, 1.54) is 24.3 Å². The number of para-hydroxylation sites is 1. The van der Waals surface area contributed by atoms with Crippen LogP contribution in [0.3, 0.4) is 0 Å². The van der Waals surface area contributed by atoms with Gasteiger partial charge in [-0.05, 0) is 35.5 Å². The van der Waals surface area contributed by atoms with E-state index in [0.717, 1.165) is 16.7 Å². The highest BCUT2D eigenvalue weighted by Gasteiger charge is 2.35. The van der Waals surface area contributed by atoms with Crippen LogP contribution in [0, 0.1) is 10.1 Å². The predicted octanol–water partition coefficient (Wildman–Crippen LogP) is 3.83. The van der Waals surface area contributed by atoms with E-state index in [4.69, 9.17) is 0 Å². The van der Waals surface area contributed by atoms with Gasteiger partial charge in [-0.15, -0.1) is 0 Å². The molecule has 0 aliphatic carbocycles. The van der Waals surface area contributed by atoms with E-state index in [2.05, 4.69) is 5.32 Å². The van der Waals surface area contributed by atoms with Gasteiger partial charge >= 0.3 is 0 Å². The van der Waals surface area contributed by atoms with Crippen molar-refractivity contribution < 1.29 is 19.3 Å². The molecule has 1 aliphatic rings. The second-order valence-electron chi connectivity index (χ2n) is 5.92. The van der Waals surface area contributed by atoms with Crippen LogP contribution in [0.1, 0.15) is 5.56 Å². The van der Waals surface area contributed by atoms with Gasteiger partial charge in [-0.2, -0.15) is 0 Å². The molecule has 1 heterocycles. The van der Waals surface area contributed by atoms with E-state index in [1.54, 1.807) is 48.5 Å². The molecule has 0 bridgehead atoms. The number of nitrogens with one attached hydrogen (secondary N) is 1. The number of benzene rings is 2. The second kappa shape index (κ2) is 8.98. The topological polar surface area (TPSA) is 110 Å². The first kappa shape index (κ1) is 20.0. The number of allylic oxidation sites excluding steroid dienone is 2. The molecule has 0 saturated carbocycles. The van der Waals surface area contributed by atoms with Gasteiger partial charge in [0.1, 0.15) is 6.54 Å². The smallest absolute Gasteiger partial charge is 0.294 e. The summed E-state index contributed by atoms with van der Waals surface area (Å²) in [6, 6.07) is 14.7. The van der Waals surface area contributed by atoms with Gasteiger partial charge in [-0.1, -0.05) is 42.5 Å². The molecule has 1 aliphatic heterocycles. The molecule has 8 nitrogen and oxygen atoms in total. The molecule has 2 aromatic rings. The van der Waals surface area contributed by atoms with Gasteiger partial charge in [0.15, 0.2) is 0 Å². The number of nitro benzene ring substituents is 1. The highest BCUT2D eigenvalue weighted by molar-refractivity contribution is 8.18. The molecule has 0 radical (unpaired) electrons. The number of nitro groups is 1. The third-order valence-electron chi connectivity index (χ3n) is 3.85. The monoisotopic (exact) mass is 409 g/mol. The van der Waals surface area contributed by atoms with E-state index < -0.39 is 22.0 Å². The highest BCUT2D eigenvalue weighted by atomic mass is 32.2. The zero-order valence-electron chi connectivity index (χ0n) is 15.0. The quantitative estimate of drug-likeness (QED) is 0.441. The number of anilines is 1. The standard InChI is InChI=1S/C20H15N3O5S/c24-18(21-15-8-2-1-3-9-15)13-22-19(25)17(29-20(22)26)11-5-7-14-6-4-10-16(12-14)23(27)28/h1-12H,13H2,(H,21,24)/b7-5+,17-11-. The fraction of sp³-hybridized carbons (Fsp3) is 0.0500. The molecule has 9 heteroatoms. The summed E-state index contributed by atoms with van der Waals surface area (Å²) < 4.78 is 0. The van der Waals surface area contributed by atoms with Crippen LogP contribution in [0.2, 0.25) is 0 Å². The van der Waals surface area contributed by atoms with Gasteiger partial charge in [0.2, 0.25) is 5.91 Å². The molecule has 29 heavy (non-hydrogen) atoms. The van der Waals surface area contributed by atoms with Crippen LogP contribution in [0.5, 0.6) is 0 Å². The summed E-state index contributed by atoms with van der Waals surface area (Å²) in [6.45, 7) is -0.383. The molecule has 0 aromatic heterocycles. The van der Waals surface area contributed by atoms with Gasteiger partial charge in [-0.3, -0.25) is 29.4 Å². The highest BCUT2D eigenvalue weighted by Crippen LogP contribution is 2.30. The lowest BCUT2D eigenvalue weighted by atomic mass is 10.2. The fourth-order valence-electron chi connectivity index (χ4n) is 2.50. The van der Waals surface area contributed by atoms with Gasteiger partial charge in [0.05, 0.1) is 9.83 Å². The van der Waals surface area contributed by atoms with Gasteiger partial charge < -0.3 is 5.32 Å². The summed E-state index contributed by atoms with van der Waals surface area (Å²) in [5.41, 5.74) is 1.11. The summed E-state index contributed by atoms with van der Waals surface area (Å²) >= 11 is 0.732. The Balaban J connectivity index is 1.64. The van der Waals surface area contributed by atoms with Crippen LogP contribution in [-0.4, -0.2) is 33.4 Å². The van der Waals surface area contributed by atoms with Crippen LogP contribution in [0.15, 0.2) is 71.7 Å². The van der Waals surface area contributed by atoms with E-state index >= 15 is 0 Å². The lowest BCUT2D eigenvalue weighted by molar-refractivity contribution is -0.384. The minimum atomic E-state index is -0.563. The van der Waals surface area contributed by atoms with Crippen molar-refractivity contribution in [1.82, 2.24) is 4.90 Å². The molecule has 3 rings (SSSR count). The number of hydrogen-bond acceptors (Lipinski definition) is 6. The number of rotatable bonds is 6. The SMILES string of the molecule is O=C(CN1C(=O)S/C(=C\C=C\c2cccc([N+](=O)[O-])c2)C1=O)Nc1ccccc1. The summed E-state index contributed by atoms with van der Waals surface area (Å²) in [4.78, 5) is 47.9. The van der Waals surface area contributed by atoms with Crippen molar-refractivity contribution in [2.24, 2.45) is 0 Å². The van der Waals surface area contributed by atoms with E-state index in [1.807, 2.05) is 0 Å². The Kier molecular flexibility index (Phi) is 6.20. The van der Waals surface area contributed by atoms with Crippen molar-refractivity contribution in [3.8, 4) is 0 Å². The van der Waals surface area contributed by atoms with Crippen molar-refractivity contribution in [2.45, 2.75) is 0 Å². The molecule has 1 fully saturated rings. The van der Waals surface area contributed by atoms with Crippen molar-refractivity contribution in [3.05, 3.63) is 87.3 Å². The Morgan fingerprint density at radius 2 is 1.90 bits per heavy atom. The van der Waals surface area contributed by atoms with Crippen molar-refractivity contribution >= 4 is 46.3 Å². The van der Waals surface area contributed by atoms with E-state index in [-0.39, 0.29) is 17.1 Å². The molecule has 0 unspecified atom stereocenters. The molecule has 0 spiro atoms. The zero-order valence-corrected chi connectivity index (χ0v) is 15.8. The Morgan fingerprint density at radius 1 is 1.14 bits per heavy atom. The summed E-state index contributed by atoms with van der Waals surface area (Å²) in [5.74, 6) is -1.04. The van der Waals surface area contributed by atoms with Crippen molar-refractivity contribution in [2.75, 3.05) is 11.9 Å². The maximum Gasteiger partial charge on any atom is 0.294 e. The largest absolute Gasteiger partial charge is 0.325 e. The van der Waals surface area contributed by atoms with Crippen LogP contribution in [0.25, 0.3) is 6.08 Å². The fourth-order valence-corrected chi connectivity index (χ4v) is 3.29. The molecule has 146 valence electrons. The van der Waals surface area contributed by atoms with Gasteiger partial charge in [-0.25, -0.2) is 0 Å². The average molecular weight is 409 g/mol. The predicted molar refractivity (Wildman–Crippen MR) is 110 cm³/mol. The minimum Gasteiger partial charge on any atom is -0.325 e. The van der Waals surface area contributed by atoms with Crippen LogP contribution < -0.4 is 5.32 Å². The first-order valence-electron chi connectivity index (χ1n) is 8.45. The molecule has 1 saturated heterocycles. The number of carbonyl (C=O) groups excluding carboxylic acids is 3. The molecule has 3 amide bonds. The average Bonchev–Trinajstić information content (AvgIpc) is 2.96. The Bertz CT molecular complexity index is 1030. The normalized spacial score (nSPS) is 15.3. The third kappa shape index (κ3) is 5.17. The van der Waals surface area contributed by atoms with Crippen LogP contribution >= 0.6 is 11.8 Å². The minimum absolute atomic E-state index is 0.0445. The van der Waals surface area contributed by atoms with Gasteiger partial charge in [0, 0.05) is 17.8 Å². The number of amides is 3. The summed E-state index contributed by atoms with van der Waals surface area (Å²) in [7, 11) is 0. The first-order valence-corrected chi connectivity index (χ1v) is 9.27. The second-order valence-corrected chi connectivity index (χ2v) is 6.91. The van der Waals surface area contributed by atoms with Crippen molar-refractivity contribution in [3.63, 3.8) is 0 Å². The molecule has 2 aromatic carbocycles. The maximum absolute atomic E-state index is 12.4. The molecule has 0 atom stereocenters. The van der Waals surface area contributed by atoms with Crippen LogP contribution in [0.4, 0.5) is 16.2 Å². The Morgan fingerprint density at radius 3 is 2.62 bits per heavy atom. The number of thioether (sulfide) groups is 1. The van der Waals surface area contributed by atoms with Gasteiger partial charge in [0.25, 0.3) is 16.8 Å². The van der Waals surface area contributed by atoms with E-state index in [9.17, 15) is 24.5 Å². The maximum atomic E-state index is 12.4. The van der Waals surface area contributed by atoms with Crippen LogP contribution in [-0.2, 0) is 9.59 Å². The molecular weight excluding hydrogens is 394 g/mol. The number of non-ortho nitro benzene ring substituents is 1. The number of imide groups is 1. The first-order chi connectivity index (χ1) is 13.9. The molecule has 1 N–H and O–H groups in total. The third-order valence-corrected chi connectivity index (χ3v) is 4.78. The number of hydrogen-bond donors (Lipinski definition) is 1.